The Balaban J connectivity index is 1.79. The van der Waals surface area contributed by atoms with Gasteiger partial charge in [-0.2, -0.15) is 0 Å². The Morgan fingerprint density at radius 1 is 1.03 bits per heavy atom. The first kappa shape index (κ1) is 19.5. The Morgan fingerprint density at radius 2 is 1.72 bits per heavy atom. The molecular weight excluding hydrogens is 386 g/mol. The van der Waals surface area contributed by atoms with E-state index in [-0.39, 0.29) is 11.7 Å². The SMILES string of the molecule is COC(=O)C1=C(C)NC2=C(C(=O)CC(c3ccc(Cl)cc3)C2)C1c1ccccc1. The Bertz CT molecular complexity index is 1020. The number of ketones is 1. The Kier molecular flexibility index (Phi) is 5.29. The van der Waals surface area contributed by atoms with Gasteiger partial charge in [0.1, 0.15) is 0 Å². The highest BCUT2D eigenvalue weighted by Crippen LogP contribution is 2.45. The molecule has 0 fully saturated rings. The summed E-state index contributed by atoms with van der Waals surface area (Å²) in [5.74, 6) is -0.696. The Morgan fingerprint density at radius 3 is 2.38 bits per heavy atom. The van der Waals surface area contributed by atoms with Crippen LogP contribution < -0.4 is 5.32 Å². The number of hydrogen-bond acceptors (Lipinski definition) is 4. The Hall–Kier alpha value is -2.85. The van der Waals surface area contributed by atoms with Gasteiger partial charge in [-0.3, -0.25) is 4.79 Å². The highest BCUT2D eigenvalue weighted by Gasteiger charge is 2.41. The molecule has 1 aliphatic carbocycles. The van der Waals surface area contributed by atoms with Crippen LogP contribution in [-0.2, 0) is 14.3 Å². The first-order valence-electron chi connectivity index (χ1n) is 9.62. The number of hydrogen-bond donors (Lipinski definition) is 1. The van der Waals surface area contributed by atoms with Crippen LogP contribution in [0.5, 0.6) is 0 Å². The van der Waals surface area contributed by atoms with E-state index in [0.717, 1.165) is 22.5 Å². The van der Waals surface area contributed by atoms with Gasteiger partial charge in [-0.25, -0.2) is 4.79 Å². The number of nitrogens with one attached hydrogen (secondary N) is 1. The average Bonchev–Trinajstić information content (AvgIpc) is 2.73. The molecule has 1 aliphatic heterocycles. The molecule has 4 nitrogen and oxygen atoms in total. The van der Waals surface area contributed by atoms with E-state index in [9.17, 15) is 9.59 Å². The highest BCUT2D eigenvalue weighted by molar-refractivity contribution is 6.30. The van der Waals surface area contributed by atoms with Gasteiger partial charge in [-0.15, -0.1) is 0 Å². The van der Waals surface area contributed by atoms with Gasteiger partial charge in [0.15, 0.2) is 5.78 Å². The number of methoxy groups -OCH3 is 1. The molecule has 2 unspecified atom stereocenters. The van der Waals surface area contributed by atoms with E-state index in [1.165, 1.54) is 7.11 Å². The number of Topliss-reactive ketones (excluding diaryl/α,β-unsaturated/α-hetero) is 1. The lowest BCUT2D eigenvalue weighted by atomic mass is 9.72. The van der Waals surface area contributed by atoms with Gasteiger partial charge in [0.05, 0.1) is 12.7 Å². The molecule has 4 rings (SSSR count). The molecule has 0 saturated carbocycles. The van der Waals surface area contributed by atoms with E-state index in [1.807, 2.05) is 61.5 Å². The third-order valence-corrected chi connectivity index (χ3v) is 5.96. The van der Waals surface area contributed by atoms with Crippen molar-refractivity contribution in [3.8, 4) is 0 Å². The van der Waals surface area contributed by atoms with E-state index in [1.54, 1.807) is 0 Å². The quantitative estimate of drug-likeness (QED) is 0.737. The molecule has 2 aromatic rings. The molecule has 1 N–H and O–H groups in total. The number of carbonyl (C=O) groups is 2. The largest absolute Gasteiger partial charge is 0.466 e. The summed E-state index contributed by atoms with van der Waals surface area (Å²) in [5, 5.41) is 4.01. The molecule has 0 amide bonds. The fraction of sp³-hybridized carbons (Fsp3) is 0.250. The third-order valence-electron chi connectivity index (χ3n) is 5.71. The summed E-state index contributed by atoms with van der Waals surface area (Å²) in [6.07, 6.45) is 1.11. The number of esters is 1. The summed E-state index contributed by atoms with van der Waals surface area (Å²) in [4.78, 5) is 25.9. The maximum absolute atomic E-state index is 13.3. The molecule has 0 radical (unpaired) electrons. The van der Waals surface area contributed by atoms with Crippen LogP contribution in [0.3, 0.4) is 0 Å². The lowest BCUT2D eigenvalue weighted by molar-refractivity contribution is -0.136. The number of dihydropyridines is 1. The summed E-state index contributed by atoms with van der Waals surface area (Å²) < 4.78 is 5.05. The standard InChI is InChI=1S/C24H22ClNO3/c1-14-21(24(28)29-2)22(16-6-4-3-5-7-16)23-19(26-14)12-17(13-20(23)27)15-8-10-18(25)11-9-15/h3-11,17,22,26H,12-13H2,1-2H3. The Labute approximate surface area is 175 Å². The van der Waals surface area contributed by atoms with Gasteiger partial charge in [-0.1, -0.05) is 54.1 Å². The minimum atomic E-state index is -0.418. The van der Waals surface area contributed by atoms with Crippen molar-refractivity contribution < 1.29 is 14.3 Å². The smallest absolute Gasteiger partial charge is 0.336 e. The lowest BCUT2D eigenvalue weighted by Crippen LogP contribution is -2.36. The van der Waals surface area contributed by atoms with Crippen molar-refractivity contribution in [1.82, 2.24) is 5.32 Å². The number of carbonyl (C=O) groups excluding carboxylic acids is 2. The van der Waals surface area contributed by atoms with Gasteiger partial charge < -0.3 is 10.1 Å². The zero-order valence-electron chi connectivity index (χ0n) is 16.4. The monoisotopic (exact) mass is 407 g/mol. The van der Waals surface area contributed by atoms with Crippen LogP contribution in [0.15, 0.2) is 77.1 Å². The van der Waals surface area contributed by atoms with Crippen molar-refractivity contribution in [2.75, 3.05) is 7.11 Å². The summed E-state index contributed by atoms with van der Waals surface area (Å²) in [6, 6.07) is 17.3. The van der Waals surface area contributed by atoms with Gasteiger partial charge in [-0.05, 0) is 42.5 Å². The summed E-state index contributed by atoms with van der Waals surface area (Å²) in [5.41, 5.74) is 4.80. The molecule has 0 spiro atoms. The van der Waals surface area contributed by atoms with Crippen molar-refractivity contribution in [1.29, 1.82) is 0 Å². The molecule has 2 atom stereocenters. The van der Waals surface area contributed by atoms with Crippen molar-refractivity contribution in [3.63, 3.8) is 0 Å². The van der Waals surface area contributed by atoms with Crippen molar-refractivity contribution >= 4 is 23.4 Å². The average molecular weight is 408 g/mol. The number of rotatable bonds is 3. The summed E-state index contributed by atoms with van der Waals surface area (Å²) in [6.45, 7) is 1.86. The second-order valence-electron chi connectivity index (χ2n) is 7.47. The summed E-state index contributed by atoms with van der Waals surface area (Å²) >= 11 is 6.02. The number of allylic oxidation sites excluding steroid dienone is 3. The molecule has 0 bridgehead atoms. The highest BCUT2D eigenvalue weighted by atomic mass is 35.5. The second-order valence-corrected chi connectivity index (χ2v) is 7.91. The van der Waals surface area contributed by atoms with Crippen LogP contribution in [0, 0.1) is 0 Å². The molecule has 2 aliphatic rings. The van der Waals surface area contributed by atoms with Crippen LogP contribution in [-0.4, -0.2) is 18.9 Å². The summed E-state index contributed by atoms with van der Waals surface area (Å²) in [7, 11) is 1.37. The first-order valence-corrected chi connectivity index (χ1v) is 10.00. The zero-order valence-corrected chi connectivity index (χ0v) is 17.1. The van der Waals surface area contributed by atoms with Gasteiger partial charge >= 0.3 is 5.97 Å². The van der Waals surface area contributed by atoms with Gasteiger partial charge in [0.2, 0.25) is 0 Å². The predicted octanol–water partition coefficient (Wildman–Crippen LogP) is 4.87. The maximum Gasteiger partial charge on any atom is 0.336 e. The second kappa shape index (κ2) is 7.88. The fourth-order valence-electron chi connectivity index (χ4n) is 4.37. The van der Waals surface area contributed by atoms with E-state index in [0.29, 0.717) is 29.0 Å². The molecule has 5 heteroatoms. The molecular formula is C24H22ClNO3. The van der Waals surface area contributed by atoms with Gasteiger partial charge in [0.25, 0.3) is 0 Å². The van der Waals surface area contributed by atoms with E-state index < -0.39 is 11.9 Å². The zero-order chi connectivity index (χ0) is 20.5. The van der Waals surface area contributed by atoms with E-state index in [4.69, 9.17) is 16.3 Å². The molecule has 29 heavy (non-hydrogen) atoms. The molecule has 0 saturated heterocycles. The van der Waals surface area contributed by atoms with Crippen LogP contribution >= 0.6 is 11.6 Å². The maximum atomic E-state index is 13.3. The predicted molar refractivity (Wildman–Crippen MR) is 112 cm³/mol. The number of ether oxygens (including phenoxy) is 1. The number of benzene rings is 2. The topological polar surface area (TPSA) is 55.4 Å². The normalized spacial score (nSPS) is 21.6. The van der Waals surface area contributed by atoms with Crippen molar-refractivity contribution in [2.24, 2.45) is 0 Å². The number of halogens is 1. The van der Waals surface area contributed by atoms with Crippen LogP contribution in [0.25, 0.3) is 0 Å². The molecule has 148 valence electrons. The van der Waals surface area contributed by atoms with Crippen LogP contribution in [0.2, 0.25) is 5.02 Å². The van der Waals surface area contributed by atoms with E-state index >= 15 is 0 Å². The van der Waals surface area contributed by atoms with E-state index in [2.05, 4.69) is 5.32 Å². The molecule has 1 heterocycles. The van der Waals surface area contributed by atoms with Crippen LogP contribution in [0.4, 0.5) is 0 Å². The molecule has 2 aromatic carbocycles. The fourth-order valence-corrected chi connectivity index (χ4v) is 4.50. The first-order chi connectivity index (χ1) is 14.0. The van der Waals surface area contributed by atoms with Crippen molar-refractivity contribution in [3.05, 3.63) is 93.3 Å². The van der Waals surface area contributed by atoms with Crippen molar-refractivity contribution in [2.45, 2.75) is 31.6 Å². The minimum Gasteiger partial charge on any atom is -0.466 e. The van der Waals surface area contributed by atoms with Crippen LogP contribution in [0.1, 0.15) is 42.7 Å². The van der Waals surface area contributed by atoms with Gasteiger partial charge in [0, 0.05) is 34.3 Å². The minimum absolute atomic E-state index is 0.0569. The third kappa shape index (κ3) is 3.60. The lowest BCUT2D eigenvalue weighted by Gasteiger charge is -2.36. The molecule has 0 aromatic heterocycles.